The van der Waals surface area contributed by atoms with Gasteiger partial charge in [0.05, 0.1) is 12.7 Å². The Bertz CT molecular complexity index is 1150. The first kappa shape index (κ1) is 20.1. The van der Waals surface area contributed by atoms with Gasteiger partial charge in [-0.2, -0.15) is 0 Å². The van der Waals surface area contributed by atoms with Gasteiger partial charge in [-0.3, -0.25) is 0 Å². The van der Waals surface area contributed by atoms with Crippen LogP contribution in [-0.2, 0) is 21.4 Å². The van der Waals surface area contributed by atoms with Crippen LogP contribution in [0, 0.1) is 0 Å². The Morgan fingerprint density at radius 3 is 2.63 bits per heavy atom. The lowest BCUT2D eigenvalue weighted by molar-refractivity contribution is 0.0464. The van der Waals surface area contributed by atoms with Crippen LogP contribution in [0.1, 0.15) is 28.9 Å². The van der Waals surface area contributed by atoms with Crippen molar-refractivity contribution in [1.82, 2.24) is 9.88 Å². The van der Waals surface area contributed by atoms with Crippen LogP contribution in [0.15, 0.2) is 64.0 Å². The molecule has 1 saturated carbocycles. The molecule has 0 atom stereocenters. The fourth-order valence-electron chi connectivity index (χ4n) is 2.84. The molecule has 1 heterocycles. The second-order valence-corrected chi connectivity index (χ2v) is 8.57. The van der Waals surface area contributed by atoms with E-state index in [4.69, 9.17) is 14.0 Å². The summed E-state index contributed by atoms with van der Waals surface area (Å²) < 4.78 is 43.5. The molecule has 4 rings (SSSR count). The SMILES string of the molecule is COc1ccc(C(=O)OCc2cc(-c3ccccc3)on2)cc1S(=O)(=O)NC1CC1. The third-order valence-electron chi connectivity index (χ3n) is 4.56. The van der Waals surface area contributed by atoms with Crippen LogP contribution in [-0.4, -0.2) is 32.7 Å². The summed E-state index contributed by atoms with van der Waals surface area (Å²) in [6.45, 7) is -0.108. The predicted octanol–water partition coefficient (Wildman–Crippen LogP) is 3.15. The smallest absolute Gasteiger partial charge is 0.338 e. The second kappa shape index (κ2) is 8.29. The summed E-state index contributed by atoms with van der Waals surface area (Å²) in [6.07, 6.45) is 1.60. The Balaban J connectivity index is 1.47. The van der Waals surface area contributed by atoms with Crippen molar-refractivity contribution in [3.05, 3.63) is 65.9 Å². The highest BCUT2D eigenvalue weighted by Gasteiger charge is 2.30. The minimum atomic E-state index is -3.80. The fraction of sp³-hybridized carbons (Fsp3) is 0.238. The minimum Gasteiger partial charge on any atom is -0.495 e. The van der Waals surface area contributed by atoms with E-state index in [-0.39, 0.29) is 28.9 Å². The molecule has 0 amide bonds. The number of methoxy groups -OCH3 is 1. The van der Waals surface area contributed by atoms with Gasteiger partial charge in [0.2, 0.25) is 10.0 Å². The third kappa shape index (κ3) is 4.52. The molecule has 1 aliphatic carbocycles. The normalized spacial score (nSPS) is 13.8. The zero-order chi connectivity index (χ0) is 21.1. The molecule has 3 aromatic rings. The number of nitrogens with one attached hydrogen (secondary N) is 1. The van der Waals surface area contributed by atoms with E-state index in [2.05, 4.69) is 9.88 Å². The Kier molecular flexibility index (Phi) is 5.56. The molecule has 0 spiro atoms. The predicted molar refractivity (Wildman–Crippen MR) is 107 cm³/mol. The summed E-state index contributed by atoms with van der Waals surface area (Å²) in [7, 11) is -2.43. The van der Waals surface area contributed by atoms with Crippen LogP contribution >= 0.6 is 0 Å². The molecule has 1 aliphatic rings. The number of carbonyl (C=O) groups is 1. The third-order valence-corrected chi connectivity index (χ3v) is 6.10. The molecule has 30 heavy (non-hydrogen) atoms. The van der Waals surface area contributed by atoms with E-state index in [0.717, 1.165) is 18.4 Å². The first-order valence-corrected chi connectivity index (χ1v) is 10.8. The molecule has 8 nitrogen and oxygen atoms in total. The highest BCUT2D eigenvalue weighted by Crippen LogP contribution is 2.28. The van der Waals surface area contributed by atoms with E-state index >= 15 is 0 Å². The van der Waals surface area contributed by atoms with Crippen LogP contribution in [0.5, 0.6) is 5.75 Å². The van der Waals surface area contributed by atoms with Crippen LogP contribution in [0.2, 0.25) is 0 Å². The number of nitrogens with zero attached hydrogens (tertiary/aromatic N) is 1. The molecule has 1 fully saturated rings. The zero-order valence-corrected chi connectivity index (χ0v) is 17.0. The van der Waals surface area contributed by atoms with E-state index in [1.807, 2.05) is 30.3 Å². The Hall–Kier alpha value is -3.17. The molecule has 1 N–H and O–H groups in total. The van der Waals surface area contributed by atoms with Crippen molar-refractivity contribution in [1.29, 1.82) is 0 Å². The number of sulfonamides is 1. The number of ether oxygens (including phenoxy) is 2. The van der Waals surface area contributed by atoms with Gasteiger partial charge >= 0.3 is 5.97 Å². The second-order valence-electron chi connectivity index (χ2n) is 6.89. The first-order chi connectivity index (χ1) is 14.5. The van der Waals surface area contributed by atoms with Gasteiger partial charge in [0, 0.05) is 17.7 Å². The van der Waals surface area contributed by atoms with Gasteiger partial charge in [0.1, 0.15) is 22.9 Å². The molecule has 1 aromatic heterocycles. The maximum atomic E-state index is 12.6. The maximum absolute atomic E-state index is 12.6. The molecular weight excluding hydrogens is 408 g/mol. The van der Waals surface area contributed by atoms with Crippen molar-refractivity contribution in [2.24, 2.45) is 0 Å². The van der Waals surface area contributed by atoms with Gasteiger partial charge in [-0.25, -0.2) is 17.9 Å². The Morgan fingerprint density at radius 2 is 1.93 bits per heavy atom. The number of esters is 1. The van der Waals surface area contributed by atoms with E-state index in [9.17, 15) is 13.2 Å². The molecule has 0 bridgehead atoms. The highest BCUT2D eigenvalue weighted by atomic mass is 32.2. The van der Waals surface area contributed by atoms with Gasteiger partial charge in [-0.15, -0.1) is 0 Å². The lowest BCUT2D eigenvalue weighted by Gasteiger charge is -2.12. The average Bonchev–Trinajstić information content (AvgIpc) is 3.43. The molecule has 0 radical (unpaired) electrons. The van der Waals surface area contributed by atoms with E-state index < -0.39 is 16.0 Å². The molecule has 9 heteroatoms. The highest BCUT2D eigenvalue weighted by molar-refractivity contribution is 7.89. The minimum absolute atomic E-state index is 0.0683. The van der Waals surface area contributed by atoms with Crippen LogP contribution < -0.4 is 9.46 Å². The Morgan fingerprint density at radius 1 is 1.17 bits per heavy atom. The number of carbonyl (C=O) groups excluding carboxylic acids is 1. The van der Waals surface area contributed by atoms with Crippen molar-refractivity contribution >= 4 is 16.0 Å². The molecule has 2 aromatic carbocycles. The van der Waals surface area contributed by atoms with E-state index in [0.29, 0.717) is 11.5 Å². The summed E-state index contributed by atoms with van der Waals surface area (Å²) in [5, 5.41) is 3.90. The monoisotopic (exact) mass is 428 g/mol. The van der Waals surface area contributed by atoms with E-state index in [1.54, 1.807) is 6.07 Å². The number of hydrogen-bond acceptors (Lipinski definition) is 7. The lowest BCUT2D eigenvalue weighted by Crippen LogP contribution is -2.26. The van der Waals surface area contributed by atoms with Gasteiger partial charge in [-0.1, -0.05) is 35.5 Å². The standard InChI is InChI=1S/C21H20N2O6S/c1-27-18-10-7-15(11-20(18)30(25,26)23-16-8-9-16)21(24)28-13-17-12-19(29-22-17)14-5-3-2-4-6-14/h2-7,10-12,16,23H,8-9,13H2,1H3. The van der Waals surface area contributed by atoms with Crippen molar-refractivity contribution in [3.8, 4) is 17.1 Å². The lowest BCUT2D eigenvalue weighted by atomic mass is 10.2. The van der Waals surface area contributed by atoms with Crippen molar-refractivity contribution < 1.29 is 27.2 Å². The van der Waals surface area contributed by atoms with Gasteiger partial charge in [0.25, 0.3) is 0 Å². The van der Waals surface area contributed by atoms with E-state index in [1.165, 1.54) is 25.3 Å². The molecule has 156 valence electrons. The Labute approximate surface area is 173 Å². The fourth-order valence-corrected chi connectivity index (χ4v) is 4.34. The van der Waals surface area contributed by atoms with Gasteiger partial charge < -0.3 is 14.0 Å². The molecule has 0 unspecified atom stereocenters. The van der Waals surface area contributed by atoms with Gasteiger partial charge in [0.15, 0.2) is 5.76 Å². The summed E-state index contributed by atoms with van der Waals surface area (Å²) in [6, 6.07) is 15.2. The van der Waals surface area contributed by atoms with Crippen LogP contribution in [0.4, 0.5) is 0 Å². The number of benzene rings is 2. The topological polar surface area (TPSA) is 108 Å². The summed E-state index contributed by atoms with van der Waals surface area (Å²) in [5.74, 6) is 0.0408. The molecular formula is C21H20N2O6S. The average molecular weight is 428 g/mol. The number of rotatable bonds is 8. The van der Waals surface area contributed by atoms with Crippen molar-refractivity contribution in [2.75, 3.05) is 7.11 Å². The maximum Gasteiger partial charge on any atom is 0.338 e. The molecule has 0 aliphatic heterocycles. The van der Waals surface area contributed by atoms with Crippen LogP contribution in [0.25, 0.3) is 11.3 Å². The first-order valence-electron chi connectivity index (χ1n) is 9.35. The number of hydrogen-bond donors (Lipinski definition) is 1. The largest absolute Gasteiger partial charge is 0.495 e. The summed E-state index contributed by atoms with van der Waals surface area (Å²) in [5.41, 5.74) is 1.40. The van der Waals surface area contributed by atoms with Gasteiger partial charge in [-0.05, 0) is 31.0 Å². The zero-order valence-electron chi connectivity index (χ0n) is 16.2. The van der Waals surface area contributed by atoms with Crippen LogP contribution in [0.3, 0.4) is 0 Å². The van der Waals surface area contributed by atoms with Crippen molar-refractivity contribution in [3.63, 3.8) is 0 Å². The number of aromatic nitrogens is 1. The molecule has 0 saturated heterocycles. The summed E-state index contributed by atoms with van der Waals surface area (Å²) in [4.78, 5) is 12.4. The summed E-state index contributed by atoms with van der Waals surface area (Å²) >= 11 is 0. The quantitative estimate of drug-likeness (QED) is 0.549. The van der Waals surface area contributed by atoms with Crippen molar-refractivity contribution in [2.45, 2.75) is 30.4 Å².